The Hall–Kier alpha value is -1.06. The normalized spacial score (nSPS) is 11.4. The number of likely N-dealkylation sites (N-methyl/N-ethyl adjacent to an activating group) is 1. The van der Waals surface area contributed by atoms with E-state index in [9.17, 15) is 9.59 Å². The molecule has 0 rings (SSSR count). The highest BCUT2D eigenvalue weighted by atomic mass is 16.2. The van der Waals surface area contributed by atoms with E-state index in [2.05, 4.69) is 5.32 Å². The second-order valence-corrected chi connectivity index (χ2v) is 4.85. The van der Waals surface area contributed by atoms with Gasteiger partial charge in [0.05, 0.1) is 0 Å². The summed E-state index contributed by atoms with van der Waals surface area (Å²) in [6.45, 7) is 11.8. The maximum absolute atomic E-state index is 11.8. The van der Waals surface area contributed by atoms with Crippen molar-refractivity contribution in [2.24, 2.45) is 0 Å². The molecule has 0 aliphatic heterocycles. The molecule has 0 aliphatic carbocycles. The Morgan fingerprint density at radius 1 is 1.27 bits per heavy atom. The Morgan fingerprint density at radius 3 is 2.00 bits per heavy atom. The van der Waals surface area contributed by atoms with E-state index in [4.69, 9.17) is 0 Å². The van der Waals surface area contributed by atoms with Crippen molar-refractivity contribution in [3.8, 4) is 0 Å². The summed E-state index contributed by atoms with van der Waals surface area (Å²) in [5.41, 5.74) is -0.319. The van der Waals surface area contributed by atoms with Crippen LogP contribution in [-0.2, 0) is 9.59 Å². The van der Waals surface area contributed by atoms with Crippen molar-refractivity contribution in [2.75, 3.05) is 6.54 Å². The number of hydrogen-bond donors (Lipinski definition) is 1. The first-order chi connectivity index (χ1) is 6.70. The van der Waals surface area contributed by atoms with Gasteiger partial charge in [0.25, 0.3) is 0 Å². The maximum atomic E-state index is 11.8. The van der Waals surface area contributed by atoms with Gasteiger partial charge in [-0.2, -0.15) is 0 Å². The quantitative estimate of drug-likeness (QED) is 0.701. The van der Waals surface area contributed by atoms with Gasteiger partial charge >= 0.3 is 11.8 Å². The summed E-state index contributed by atoms with van der Waals surface area (Å²) in [5, 5.41) is 2.60. The zero-order valence-corrected chi connectivity index (χ0v) is 10.5. The van der Waals surface area contributed by atoms with E-state index in [1.54, 1.807) is 4.90 Å². The largest absolute Gasteiger partial charge is 0.346 e. The zero-order chi connectivity index (χ0) is 12.2. The topological polar surface area (TPSA) is 49.4 Å². The third-order valence-electron chi connectivity index (χ3n) is 1.99. The minimum atomic E-state index is -0.526. The van der Waals surface area contributed by atoms with Crippen molar-refractivity contribution in [1.29, 1.82) is 0 Å². The van der Waals surface area contributed by atoms with Crippen molar-refractivity contribution < 1.29 is 9.59 Å². The Labute approximate surface area is 92.0 Å². The highest BCUT2D eigenvalue weighted by Gasteiger charge is 2.29. The van der Waals surface area contributed by atoms with E-state index < -0.39 is 11.8 Å². The summed E-state index contributed by atoms with van der Waals surface area (Å²) in [6.07, 6.45) is 0. The van der Waals surface area contributed by atoms with E-state index in [0.717, 1.165) is 0 Å². The molecule has 0 heterocycles. The van der Waals surface area contributed by atoms with Crippen molar-refractivity contribution in [1.82, 2.24) is 10.2 Å². The molecule has 0 saturated heterocycles. The van der Waals surface area contributed by atoms with Gasteiger partial charge in [-0.05, 0) is 41.5 Å². The molecule has 88 valence electrons. The molecule has 0 radical (unpaired) electrons. The van der Waals surface area contributed by atoms with Gasteiger partial charge in [0.15, 0.2) is 0 Å². The number of nitrogens with zero attached hydrogens (tertiary/aromatic N) is 1. The van der Waals surface area contributed by atoms with Crippen LogP contribution in [0.2, 0.25) is 0 Å². The van der Waals surface area contributed by atoms with Crippen LogP contribution in [0.15, 0.2) is 0 Å². The highest BCUT2D eigenvalue weighted by molar-refractivity contribution is 6.35. The molecule has 15 heavy (non-hydrogen) atoms. The van der Waals surface area contributed by atoms with E-state index in [0.29, 0.717) is 6.54 Å². The van der Waals surface area contributed by atoms with Gasteiger partial charge in [0, 0.05) is 18.1 Å². The molecular formula is C11H22N2O2. The molecule has 0 aromatic rings. The fourth-order valence-corrected chi connectivity index (χ4v) is 1.37. The zero-order valence-electron chi connectivity index (χ0n) is 10.5. The van der Waals surface area contributed by atoms with Crippen molar-refractivity contribution in [2.45, 2.75) is 53.1 Å². The van der Waals surface area contributed by atoms with Crippen molar-refractivity contribution in [3.63, 3.8) is 0 Å². The smallest absolute Gasteiger partial charge is 0.312 e. The van der Waals surface area contributed by atoms with Crippen molar-refractivity contribution >= 4 is 11.8 Å². The average molecular weight is 214 g/mol. The fourth-order valence-electron chi connectivity index (χ4n) is 1.37. The van der Waals surface area contributed by atoms with Crippen LogP contribution in [-0.4, -0.2) is 34.8 Å². The number of carbonyl (C=O) groups is 2. The minimum Gasteiger partial charge on any atom is -0.346 e. The summed E-state index contributed by atoms with van der Waals surface area (Å²) in [5.74, 6) is -0.986. The van der Waals surface area contributed by atoms with Crippen molar-refractivity contribution in [3.05, 3.63) is 0 Å². The summed E-state index contributed by atoms with van der Waals surface area (Å²) in [7, 11) is 0. The lowest BCUT2D eigenvalue weighted by Crippen LogP contribution is -2.52. The molecule has 0 saturated carbocycles. The Bertz CT molecular complexity index is 241. The van der Waals surface area contributed by atoms with Crippen LogP contribution < -0.4 is 5.32 Å². The molecule has 0 fully saturated rings. The first-order valence-corrected chi connectivity index (χ1v) is 5.32. The molecule has 0 aromatic carbocycles. The fraction of sp³-hybridized carbons (Fsp3) is 0.818. The first kappa shape index (κ1) is 13.9. The van der Waals surface area contributed by atoms with Gasteiger partial charge in [0.1, 0.15) is 0 Å². The van der Waals surface area contributed by atoms with Crippen LogP contribution in [0.5, 0.6) is 0 Å². The number of carbonyl (C=O) groups excluding carboxylic acids is 2. The molecule has 1 N–H and O–H groups in total. The molecule has 0 bridgehead atoms. The van der Waals surface area contributed by atoms with E-state index in [-0.39, 0.29) is 11.6 Å². The number of nitrogens with one attached hydrogen (secondary N) is 1. The maximum Gasteiger partial charge on any atom is 0.312 e. The molecular weight excluding hydrogens is 192 g/mol. The molecule has 0 aromatic heterocycles. The van der Waals surface area contributed by atoms with Gasteiger partial charge in [-0.3, -0.25) is 9.59 Å². The Kier molecular flexibility index (Phi) is 4.78. The van der Waals surface area contributed by atoms with Crippen LogP contribution >= 0.6 is 0 Å². The van der Waals surface area contributed by atoms with E-state index in [1.165, 1.54) is 0 Å². The minimum absolute atomic E-state index is 0.0138. The molecule has 2 amide bonds. The lowest BCUT2D eigenvalue weighted by Gasteiger charge is -2.34. The Morgan fingerprint density at radius 2 is 1.73 bits per heavy atom. The molecule has 0 unspecified atom stereocenters. The molecule has 0 aliphatic rings. The van der Waals surface area contributed by atoms with Gasteiger partial charge < -0.3 is 10.2 Å². The highest BCUT2D eigenvalue weighted by Crippen LogP contribution is 2.12. The molecule has 0 spiro atoms. The van der Waals surface area contributed by atoms with Crippen LogP contribution in [0.3, 0.4) is 0 Å². The predicted octanol–water partition coefficient (Wildman–Crippen LogP) is 1.16. The van der Waals surface area contributed by atoms with Crippen LogP contribution in [0.25, 0.3) is 0 Å². The average Bonchev–Trinajstić information content (AvgIpc) is 2.01. The monoisotopic (exact) mass is 214 g/mol. The number of rotatable bonds is 2. The van der Waals surface area contributed by atoms with Gasteiger partial charge in [-0.25, -0.2) is 0 Å². The second-order valence-electron chi connectivity index (χ2n) is 4.85. The summed E-state index contributed by atoms with van der Waals surface area (Å²) in [4.78, 5) is 24.8. The molecule has 4 heteroatoms. The molecule has 0 atom stereocenters. The molecule has 4 nitrogen and oxygen atoms in total. The third-order valence-corrected chi connectivity index (χ3v) is 1.99. The summed E-state index contributed by atoms with van der Waals surface area (Å²) >= 11 is 0. The van der Waals surface area contributed by atoms with Crippen LogP contribution in [0.1, 0.15) is 41.5 Å². The number of amides is 2. The van der Waals surface area contributed by atoms with Gasteiger partial charge in [0.2, 0.25) is 0 Å². The lowest BCUT2D eigenvalue weighted by molar-refractivity contribution is -0.149. The second kappa shape index (κ2) is 5.14. The SMILES string of the molecule is CCN(C(=O)C(=O)NC(C)C)C(C)(C)C. The number of hydrogen-bond acceptors (Lipinski definition) is 2. The Balaban J connectivity index is 4.60. The summed E-state index contributed by atoms with van der Waals surface area (Å²) in [6, 6.07) is -0.0138. The van der Waals surface area contributed by atoms with E-state index >= 15 is 0 Å². The lowest BCUT2D eigenvalue weighted by atomic mass is 10.1. The standard InChI is InChI=1S/C11H22N2O2/c1-7-13(11(4,5)6)10(15)9(14)12-8(2)3/h8H,7H2,1-6H3,(H,12,14). The first-order valence-electron chi connectivity index (χ1n) is 5.32. The van der Waals surface area contributed by atoms with E-state index in [1.807, 2.05) is 41.5 Å². The van der Waals surface area contributed by atoms with Gasteiger partial charge in [-0.15, -0.1) is 0 Å². The third kappa shape index (κ3) is 4.32. The van der Waals surface area contributed by atoms with Gasteiger partial charge in [-0.1, -0.05) is 0 Å². The summed E-state index contributed by atoms with van der Waals surface area (Å²) < 4.78 is 0. The van der Waals surface area contributed by atoms with Crippen LogP contribution in [0, 0.1) is 0 Å². The van der Waals surface area contributed by atoms with Crippen LogP contribution in [0.4, 0.5) is 0 Å². The predicted molar refractivity (Wildman–Crippen MR) is 60.4 cm³/mol.